The van der Waals surface area contributed by atoms with Gasteiger partial charge in [0, 0.05) is 12.1 Å². The number of amides is 2. The molecule has 1 aliphatic heterocycles. The molecule has 2 N–H and O–H groups in total. The van der Waals surface area contributed by atoms with Crippen molar-refractivity contribution in [2.45, 2.75) is 57.2 Å². The minimum atomic E-state index is -5.36. The second-order valence-corrected chi connectivity index (χ2v) is 12.4. The molecule has 1 saturated heterocycles. The Balaban J connectivity index is 1.82. The summed E-state index contributed by atoms with van der Waals surface area (Å²) in [4.78, 5) is 31.2. The van der Waals surface area contributed by atoms with Crippen LogP contribution in [0, 0.1) is 5.82 Å². The number of nitrogens with zero attached hydrogens (tertiary/aromatic N) is 2. The molecule has 0 saturated carbocycles. The average molecular weight is 668 g/mol. The van der Waals surface area contributed by atoms with Gasteiger partial charge in [-0.05, 0) is 69.2 Å². The van der Waals surface area contributed by atoms with Crippen LogP contribution in [0.2, 0.25) is 5.02 Å². The molecule has 2 unspecified atom stereocenters. The molecule has 0 radical (unpaired) electrons. The molecule has 2 heterocycles. The van der Waals surface area contributed by atoms with Gasteiger partial charge in [-0.2, -0.15) is 13.2 Å². The summed E-state index contributed by atoms with van der Waals surface area (Å²) in [6.07, 6.45) is -7.31. The molecule has 248 valence electrons. The van der Waals surface area contributed by atoms with Crippen LogP contribution in [0.4, 0.5) is 27.2 Å². The summed E-state index contributed by atoms with van der Waals surface area (Å²) in [5.74, 6) is -0.768. The number of hydrogen-bond acceptors (Lipinski definition) is 7. The van der Waals surface area contributed by atoms with Gasteiger partial charge in [-0.3, -0.25) is 4.90 Å². The van der Waals surface area contributed by atoms with E-state index in [1.807, 2.05) is 11.4 Å². The lowest BCUT2D eigenvalue weighted by molar-refractivity contribution is -0.265. The van der Waals surface area contributed by atoms with E-state index in [9.17, 15) is 32.3 Å². The van der Waals surface area contributed by atoms with Crippen molar-refractivity contribution in [2.75, 3.05) is 26.3 Å². The van der Waals surface area contributed by atoms with E-state index >= 15 is 0 Å². The fourth-order valence-corrected chi connectivity index (χ4v) is 4.97. The number of nitrogens with one attached hydrogen (secondary N) is 1. The minimum absolute atomic E-state index is 0.0310. The largest absolute Gasteiger partial charge is 0.445 e. The van der Waals surface area contributed by atoms with Gasteiger partial charge in [0.05, 0.1) is 41.7 Å². The van der Waals surface area contributed by atoms with E-state index in [0.29, 0.717) is 0 Å². The van der Waals surface area contributed by atoms with Gasteiger partial charge in [0.15, 0.2) is 0 Å². The maximum Gasteiger partial charge on any atom is 0.424 e. The number of benzene rings is 2. The number of carbonyl (C=O) groups excluding carboxylic acids is 2. The number of rotatable bonds is 7. The van der Waals surface area contributed by atoms with Crippen molar-refractivity contribution in [1.29, 1.82) is 0 Å². The Kier molecular flexibility index (Phi) is 10.2. The predicted molar refractivity (Wildman–Crippen MR) is 160 cm³/mol. The number of halogens is 5. The van der Waals surface area contributed by atoms with Gasteiger partial charge >= 0.3 is 18.4 Å². The number of alkyl halides is 3. The number of hydrogen-bond donors (Lipinski definition) is 2. The third-order valence-electron chi connectivity index (χ3n) is 7.31. The lowest BCUT2D eigenvalue weighted by atomic mass is 9.86. The number of aromatic nitrogens is 1. The van der Waals surface area contributed by atoms with Crippen molar-refractivity contribution in [3.8, 4) is 11.3 Å². The van der Waals surface area contributed by atoms with E-state index in [4.69, 9.17) is 25.8 Å². The fourth-order valence-electron chi connectivity index (χ4n) is 4.79. The number of morpholine rings is 1. The second kappa shape index (κ2) is 13.4. The van der Waals surface area contributed by atoms with Crippen molar-refractivity contribution in [2.24, 2.45) is 0 Å². The first-order valence-corrected chi connectivity index (χ1v) is 14.6. The zero-order chi connectivity index (χ0) is 33.9. The molecule has 46 heavy (non-hydrogen) atoms. The Morgan fingerprint density at radius 2 is 1.80 bits per heavy atom. The molecule has 2 atom stereocenters. The highest BCUT2D eigenvalue weighted by Crippen LogP contribution is 2.42. The Morgan fingerprint density at radius 1 is 1.11 bits per heavy atom. The van der Waals surface area contributed by atoms with Crippen LogP contribution in [0.3, 0.4) is 0 Å². The highest BCUT2D eigenvalue weighted by molar-refractivity contribution is 6.31. The van der Waals surface area contributed by atoms with E-state index in [1.54, 1.807) is 31.2 Å². The first-order valence-electron chi connectivity index (χ1n) is 14.2. The number of carbonyl (C=O) groups is 2. The Morgan fingerprint density at radius 3 is 2.43 bits per heavy atom. The van der Waals surface area contributed by atoms with Crippen LogP contribution < -0.4 is 5.32 Å². The lowest BCUT2D eigenvalue weighted by Crippen LogP contribution is -2.56. The second-order valence-electron chi connectivity index (χ2n) is 12.0. The van der Waals surface area contributed by atoms with Gasteiger partial charge in [0.25, 0.3) is 0 Å². The van der Waals surface area contributed by atoms with Gasteiger partial charge in [-0.15, -0.1) is 0 Å². The van der Waals surface area contributed by atoms with Crippen LogP contribution in [0.15, 0.2) is 60.7 Å². The van der Waals surface area contributed by atoms with Crippen molar-refractivity contribution < 1.29 is 46.5 Å². The summed E-state index contributed by atoms with van der Waals surface area (Å²) in [5.41, 5.74) is -6.28. The summed E-state index contributed by atoms with van der Waals surface area (Å²) in [6, 6.07) is 14.7. The van der Waals surface area contributed by atoms with E-state index in [0.717, 1.165) is 17.7 Å². The first-order chi connectivity index (χ1) is 21.4. The molecular weight excluding hydrogens is 634 g/mol. The maximum atomic E-state index is 14.7. The van der Waals surface area contributed by atoms with Crippen LogP contribution in [-0.2, 0) is 32.0 Å². The van der Waals surface area contributed by atoms with E-state index in [1.165, 1.54) is 43.9 Å². The molecule has 1 aliphatic rings. The summed E-state index contributed by atoms with van der Waals surface area (Å²) in [6.45, 7) is 4.73. The molecule has 0 aliphatic carbocycles. The van der Waals surface area contributed by atoms with Crippen LogP contribution in [0.25, 0.3) is 11.3 Å². The predicted octanol–water partition coefficient (Wildman–Crippen LogP) is 6.70. The van der Waals surface area contributed by atoms with Crippen molar-refractivity contribution in [3.63, 3.8) is 0 Å². The highest BCUT2D eigenvalue weighted by Gasteiger charge is 2.57. The molecule has 1 aromatic heterocycles. The molecular formula is C32H34ClF4N3O6. The molecule has 2 amide bonds. The zero-order valence-corrected chi connectivity index (χ0v) is 26.3. The quantitative estimate of drug-likeness (QED) is 0.270. The third-order valence-corrected chi connectivity index (χ3v) is 7.60. The molecule has 1 fully saturated rings. The van der Waals surface area contributed by atoms with Gasteiger partial charge in [0.2, 0.25) is 5.60 Å². The lowest BCUT2D eigenvalue weighted by Gasteiger charge is -2.44. The van der Waals surface area contributed by atoms with Crippen LogP contribution in [0.1, 0.15) is 44.5 Å². The number of ether oxygens (including phenoxy) is 3. The Labute approximate surface area is 268 Å². The van der Waals surface area contributed by atoms with Crippen molar-refractivity contribution in [1.82, 2.24) is 15.2 Å². The normalized spacial score (nSPS) is 18.4. The van der Waals surface area contributed by atoms with Gasteiger partial charge < -0.3 is 24.6 Å². The van der Waals surface area contributed by atoms with Crippen LogP contribution >= 0.6 is 11.6 Å². The molecule has 0 spiro atoms. The van der Waals surface area contributed by atoms with Gasteiger partial charge in [-0.25, -0.2) is 19.0 Å². The molecule has 9 nitrogen and oxygen atoms in total. The van der Waals surface area contributed by atoms with E-state index in [-0.39, 0.29) is 48.2 Å². The molecule has 2 aromatic carbocycles. The highest BCUT2D eigenvalue weighted by atomic mass is 35.5. The monoisotopic (exact) mass is 667 g/mol. The number of pyridine rings is 1. The van der Waals surface area contributed by atoms with Crippen LogP contribution in [-0.4, -0.2) is 65.3 Å². The Bertz CT molecular complexity index is 1570. The topological polar surface area (TPSA) is 110 Å². The number of aliphatic hydroxyl groups is 1. The smallest absolute Gasteiger partial charge is 0.424 e. The van der Waals surface area contributed by atoms with Crippen molar-refractivity contribution >= 4 is 23.8 Å². The third kappa shape index (κ3) is 7.88. The average Bonchev–Trinajstić information content (AvgIpc) is 2.99. The summed E-state index contributed by atoms with van der Waals surface area (Å²) < 4.78 is 74.4. The number of alkyl carbamates (subject to hydrolysis) is 1. The molecule has 3 aromatic rings. The minimum Gasteiger partial charge on any atom is -0.445 e. The van der Waals surface area contributed by atoms with Gasteiger partial charge in [0.1, 0.15) is 18.0 Å². The van der Waals surface area contributed by atoms with E-state index in [2.05, 4.69) is 4.98 Å². The summed E-state index contributed by atoms with van der Waals surface area (Å²) in [7, 11) is 0. The van der Waals surface area contributed by atoms with E-state index < -0.39 is 53.2 Å². The SMILES string of the molecule is CC(C)(C)OC(=O)NCC(O)(c1cc(C2(C)COCCN2C(=O)OCc2ccccc2)cc(-c2ccc(F)c(Cl)c2)n1)C(F)(F)F. The Hall–Kier alpha value is -3.94. The molecule has 14 heteroatoms. The maximum absolute atomic E-state index is 14.7. The first kappa shape index (κ1) is 34.9. The molecule has 0 bridgehead atoms. The van der Waals surface area contributed by atoms with Crippen LogP contribution in [0.5, 0.6) is 0 Å². The fraction of sp³-hybridized carbons (Fsp3) is 0.406. The molecule has 4 rings (SSSR count). The van der Waals surface area contributed by atoms with Gasteiger partial charge in [-0.1, -0.05) is 41.9 Å². The zero-order valence-electron chi connectivity index (χ0n) is 25.6. The van der Waals surface area contributed by atoms with Crippen molar-refractivity contribution in [3.05, 3.63) is 88.3 Å². The summed E-state index contributed by atoms with van der Waals surface area (Å²) >= 11 is 5.99. The summed E-state index contributed by atoms with van der Waals surface area (Å²) in [5, 5.41) is 12.9. The standard InChI is InChI=1S/C32H34ClF4N3O6/c1-29(2,3)46-27(41)38-18-31(43,32(35,36)37)26-16-22(15-25(39-26)21-10-11-24(34)23(33)14-21)30(4)19-44-13-12-40(30)28(42)45-17-20-8-6-5-7-9-20/h5-11,14-16,43H,12-13,17-19H2,1-4H3,(H,38,41).